The first-order valence-corrected chi connectivity index (χ1v) is 5.82. The van der Waals surface area contributed by atoms with E-state index in [0.29, 0.717) is 6.61 Å². The van der Waals surface area contributed by atoms with Gasteiger partial charge in [0.25, 0.3) is 0 Å². The van der Waals surface area contributed by atoms with Gasteiger partial charge in [-0.2, -0.15) is 0 Å². The molecule has 4 nitrogen and oxygen atoms in total. The summed E-state index contributed by atoms with van der Waals surface area (Å²) in [6.45, 7) is 4.41. The van der Waals surface area contributed by atoms with Crippen molar-refractivity contribution in [2.45, 2.75) is 19.6 Å². The van der Waals surface area contributed by atoms with Crippen molar-refractivity contribution >= 4 is 0 Å². The van der Waals surface area contributed by atoms with Crippen LogP contribution in [0.2, 0.25) is 0 Å². The highest BCUT2D eigenvalue weighted by molar-refractivity contribution is 5.27. The normalized spacial score (nSPS) is 12.4. The van der Waals surface area contributed by atoms with Crippen LogP contribution in [-0.4, -0.2) is 38.1 Å². The molecule has 0 saturated carbocycles. The highest BCUT2D eigenvalue weighted by Crippen LogP contribution is 2.12. The Hall–Kier alpha value is -1.10. The largest absolute Gasteiger partial charge is 0.491 e. The fourth-order valence-corrected chi connectivity index (χ4v) is 1.33. The van der Waals surface area contributed by atoms with Crippen molar-refractivity contribution in [1.82, 2.24) is 5.32 Å². The molecule has 0 radical (unpaired) electrons. The van der Waals surface area contributed by atoms with E-state index < -0.39 is 6.10 Å². The van der Waals surface area contributed by atoms with E-state index in [-0.39, 0.29) is 0 Å². The number of aliphatic hydroxyl groups excluding tert-OH is 1. The van der Waals surface area contributed by atoms with Gasteiger partial charge in [0.15, 0.2) is 0 Å². The van der Waals surface area contributed by atoms with Crippen molar-refractivity contribution in [2.24, 2.45) is 0 Å². The molecule has 0 aromatic heterocycles. The van der Waals surface area contributed by atoms with Crippen LogP contribution >= 0.6 is 0 Å². The van der Waals surface area contributed by atoms with Crippen molar-refractivity contribution in [3.63, 3.8) is 0 Å². The Kier molecular flexibility index (Phi) is 6.62. The second-order valence-electron chi connectivity index (χ2n) is 3.97. The summed E-state index contributed by atoms with van der Waals surface area (Å²) in [7, 11) is 1.69. The van der Waals surface area contributed by atoms with Gasteiger partial charge in [-0.1, -0.05) is 12.1 Å². The van der Waals surface area contributed by atoms with Crippen LogP contribution in [0.4, 0.5) is 0 Å². The Labute approximate surface area is 103 Å². The van der Waals surface area contributed by atoms with Crippen molar-refractivity contribution in [2.75, 3.05) is 26.9 Å². The molecule has 0 saturated heterocycles. The van der Waals surface area contributed by atoms with Crippen molar-refractivity contribution in [3.8, 4) is 5.75 Å². The number of nitrogens with one attached hydrogen (secondary N) is 1. The van der Waals surface area contributed by atoms with E-state index in [1.54, 1.807) is 14.0 Å². The summed E-state index contributed by atoms with van der Waals surface area (Å²) in [6.07, 6.45) is -0.439. The van der Waals surface area contributed by atoms with Crippen LogP contribution in [0.15, 0.2) is 24.3 Å². The molecule has 0 aliphatic heterocycles. The predicted molar refractivity (Wildman–Crippen MR) is 67.2 cm³/mol. The first-order valence-electron chi connectivity index (χ1n) is 5.82. The maximum Gasteiger partial charge on any atom is 0.119 e. The van der Waals surface area contributed by atoms with E-state index in [0.717, 1.165) is 25.4 Å². The van der Waals surface area contributed by atoms with Gasteiger partial charge in [-0.05, 0) is 24.6 Å². The summed E-state index contributed by atoms with van der Waals surface area (Å²) < 4.78 is 10.3. The first kappa shape index (κ1) is 14.0. The Balaban J connectivity index is 2.29. The van der Waals surface area contributed by atoms with Gasteiger partial charge in [-0.15, -0.1) is 0 Å². The highest BCUT2D eigenvalue weighted by atomic mass is 16.5. The number of methoxy groups -OCH3 is 1. The van der Waals surface area contributed by atoms with E-state index in [1.807, 2.05) is 24.3 Å². The molecule has 1 rings (SSSR count). The molecule has 1 unspecified atom stereocenters. The quantitative estimate of drug-likeness (QED) is 0.669. The average molecular weight is 239 g/mol. The Morgan fingerprint density at radius 2 is 2.00 bits per heavy atom. The molecule has 0 aliphatic carbocycles. The van der Waals surface area contributed by atoms with Crippen LogP contribution in [0.25, 0.3) is 0 Å². The number of hydrogen-bond acceptors (Lipinski definition) is 4. The maximum atomic E-state index is 9.09. The van der Waals surface area contributed by atoms with Gasteiger partial charge in [0.1, 0.15) is 12.4 Å². The zero-order valence-electron chi connectivity index (χ0n) is 10.5. The van der Waals surface area contributed by atoms with Gasteiger partial charge < -0.3 is 19.9 Å². The number of benzene rings is 1. The van der Waals surface area contributed by atoms with Gasteiger partial charge in [0.05, 0.1) is 12.7 Å². The van der Waals surface area contributed by atoms with E-state index in [9.17, 15) is 0 Å². The summed E-state index contributed by atoms with van der Waals surface area (Å²) in [5, 5.41) is 12.4. The van der Waals surface area contributed by atoms with E-state index in [1.165, 1.54) is 5.56 Å². The Morgan fingerprint density at radius 1 is 1.29 bits per heavy atom. The number of rotatable bonds is 8. The first-order chi connectivity index (χ1) is 8.22. The second kappa shape index (κ2) is 8.06. The lowest BCUT2D eigenvalue weighted by atomic mass is 10.2. The molecule has 1 atom stereocenters. The van der Waals surface area contributed by atoms with Gasteiger partial charge in [0.2, 0.25) is 0 Å². The van der Waals surface area contributed by atoms with Gasteiger partial charge in [0, 0.05) is 20.2 Å². The van der Waals surface area contributed by atoms with Crippen molar-refractivity contribution < 1.29 is 14.6 Å². The molecular formula is C13H21NO3. The van der Waals surface area contributed by atoms with Crippen LogP contribution < -0.4 is 10.1 Å². The van der Waals surface area contributed by atoms with Crippen LogP contribution in [0.1, 0.15) is 12.5 Å². The van der Waals surface area contributed by atoms with Crippen molar-refractivity contribution in [1.29, 1.82) is 0 Å². The van der Waals surface area contributed by atoms with Crippen LogP contribution in [0, 0.1) is 0 Å². The molecule has 0 heterocycles. The number of hydrogen-bond donors (Lipinski definition) is 2. The molecule has 96 valence electrons. The SMILES string of the molecule is COCCNCc1ccc(OCC(C)O)cc1. The lowest BCUT2D eigenvalue weighted by Crippen LogP contribution is -2.18. The smallest absolute Gasteiger partial charge is 0.119 e. The van der Waals surface area contributed by atoms with E-state index in [4.69, 9.17) is 14.6 Å². The Morgan fingerprint density at radius 3 is 2.59 bits per heavy atom. The monoisotopic (exact) mass is 239 g/mol. The molecular weight excluding hydrogens is 218 g/mol. The molecule has 0 fully saturated rings. The molecule has 4 heteroatoms. The lowest BCUT2D eigenvalue weighted by Gasteiger charge is -2.09. The molecule has 0 aliphatic rings. The van der Waals surface area contributed by atoms with Gasteiger partial charge in [-0.25, -0.2) is 0 Å². The minimum atomic E-state index is -0.439. The molecule has 17 heavy (non-hydrogen) atoms. The zero-order chi connectivity index (χ0) is 12.5. The minimum absolute atomic E-state index is 0.325. The summed E-state index contributed by atoms with van der Waals surface area (Å²) in [5.41, 5.74) is 1.20. The van der Waals surface area contributed by atoms with Gasteiger partial charge in [-0.3, -0.25) is 0 Å². The minimum Gasteiger partial charge on any atom is -0.491 e. The number of aliphatic hydroxyl groups is 1. The Bertz CT molecular complexity index is 298. The zero-order valence-corrected chi connectivity index (χ0v) is 10.5. The molecule has 2 N–H and O–H groups in total. The topological polar surface area (TPSA) is 50.7 Å². The van der Waals surface area contributed by atoms with E-state index >= 15 is 0 Å². The van der Waals surface area contributed by atoms with Gasteiger partial charge >= 0.3 is 0 Å². The van der Waals surface area contributed by atoms with Crippen molar-refractivity contribution in [3.05, 3.63) is 29.8 Å². The highest BCUT2D eigenvalue weighted by Gasteiger charge is 1.98. The molecule has 0 spiro atoms. The summed E-state index contributed by atoms with van der Waals surface area (Å²) in [4.78, 5) is 0. The fourth-order valence-electron chi connectivity index (χ4n) is 1.33. The predicted octanol–water partition coefficient (Wildman–Crippen LogP) is 1.18. The second-order valence-corrected chi connectivity index (χ2v) is 3.97. The maximum absolute atomic E-state index is 9.09. The number of ether oxygens (including phenoxy) is 2. The van der Waals surface area contributed by atoms with Crippen LogP contribution in [0.5, 0.6) is 5.75 Å². The third-order valence-electron chi connectivity index (χ3n) is 2.23. The molecule has 1 aromatic carbocycles. The summed E-state index contributed by atoms with van der Waals surface area (Å²) in [5.74, 6) is 0.784. The summed E-state index contributed by atoms with van der Waals surface area (Å²) >= 11 is 0. The standard InChI is InChI=1S/C13H21NO3/c1-11(15)10-17-13-5-3-12(4-6-13)9-14-7-8-16-2/h3-6,11,14-15H,7-10H2,1-2H3. The third kappa shape index (κ3) is 6.26. The average Bonchev–Trinajstić information content (AvgIpc) is 2.33. The molecule has 0 bridgehead atoms. The lowest BCUT2D eigenvalue weighted by molar-refractivity contribution is 0.122. The fraction of sp³-hybridized carbons (Fsp3) is 0.538. The molecule has 0 amide bonds. The van der Waals surface area contributed by atoms with E-state index in [2.05, 4.69) is 5.32 Å². The van der Waals surface area contributed by atoms with Crippen LogP contribution in [0.3, 0.4) is 0 Å². The van der Waals surface area contributed by atoms with Crippen LogP contribution in [-0.2, 0) is 11.3 Å². The third-order valence-corrected chi connectivity index (χ3v) is 2.23. The molecule has 1 aromatic rings. The summed E-state index contributed by atoms with van der Waals surface area (Å²) in [6, 6.07) is 7.85.